The van der Waals surface area contributed by atoms with Gasteiger partial charge in [-0.25, -0.2) is 5.01 Å². The van der Waals surface area contributed by atoms with Crippen molar-refractivity contribution in [2.75, 3.05) is 13.7 Å². The van der Waals surface area contributed by atoms with Crippen molar-refractivity contribution in [2.24, 2.45) is 11.0 Å². The highest BCUT2D eigenvalue weighted by Crippen LogP contribution is 2.43. The Morgan fingerprint density at radius 2 is 2.05 bits per heavy atom. The Morgan fingerprint density at radius 1 is 1.36 bits per heavy atom. The van der Waals surface area contributed by atoms with Gasteiger partial charge in [0.15, 0.2) is 0 Å². The maximum Gasteiger partial charge on any atom is 0.240 e. The molecular weight excluding hydrogens is 280 g/mol. The number of benzene rings is 1. The summed E-state index contributed by atoms with van der Waals surface area (Å²) in [5, 5.41) is 6.12. The predicted octanol–water partition coefficient (Wildman–Crippen LogP) is 2.77. The van der Waals surface area contributed by atoms with Gasteiger partial charge < -0.3 is 9.47 Å². The minimum atomic E-state index is -0.193. The molecule has 0 radical (unpaired) electrons. The maximum absolute atomic E-state index is 12.0. The molecule has 0 unspecified atom stereocenters. The first kappa shape index (κ1) is 15.0. The summed E-state index contributed by atoms with van der Waals surface area (Å²) >= 11 is 0. The summed E-state index contributed by atoms with van der Waals surface area (Å²) in [6.45, 7) is 6.23. The van der Waals surface area contributed by atoms with Crippen molar-refractivity contribution in [3.63, 3.8) is 0 Å². The highest BCUT2D eigenvalue weighted by molar-refractivity contribution is 5.93. The number of amides is 1. The SMILES string of the molecule is COc1ccc([C@H]2[C@@H]3CC(C)(C)OCC3=NN2C(C)=O)cc1. The number of hydrogen-bond donors (Lipinski definition) is 0. The number of hydrogen-bond acceptors (Lipinski definition) is 4. The molecule has 1 amide bonds. The first-order valence-corrected chi connectivity index (χ1v) is 7.56. The van der Waals surface area contributed by atoms with E-state index in [1.165, 1.54) is 0 Å². The van der Waals surface area contributed by atoms with Crippen LogP contribution in [0, 0.1) is 5.92 Å². The van der Waals surface area contributed by atoms with Crippen LogP contribution >= 0.6 is 0 Å². The Labute approximate surface area is 130 Å². The minimum absolute atomic E-state index is 0.0412. The number of nitrogens with zero attached hydrogens (tertiary/aromatic N) is 2. The van der Waals surface area contributed by atoms with Crippen molar-refractivity contribution in [1.29, 1.82) is 0 Å². The number of carbonyl (C=O) groups excluding carboxylic acids is 1. The molecule has 3 rings (SSSR count). The number of rotatable bonds is 2. The van der Waals surface area contributed by atoms with Gasteiger partial charge in [-0.3, -0.25) is 4.79 Å². The lowest BCUT2D eigenvalue weighted by molar-refractivity contribution is -0.131. The van der Waals surface area contributed by atoms with Crippen molar-refractivity contribution < 1.29 is 14.3 Å². The minimum Gasteiger partial charge on any atom is -0.497 e. The molecule has 2 aliphatic rings. The molecule has 1 aromatic carbocycles. The van der Waals surface area contributed by atoms with Crippen LogP contribution in [0.1, 0.15) is 38.8 Å². The molecule has 2 atom stereocenters. The molecule has 118 valence electrons. The molecule has 22 heavy (non-hydrogen) atoms. The summed E-state index contributed by atoms with van der Waals surface area (Å²) in [6, 6.07) is 7.83. The standard InChI is InChI=1S/C17H22N2O3/c1-11(20)19-16(12-5-7-13(21-4)8-6-12)14-9-17(2,3)22-10-15(14)18-19/h5-8,14,16H,9-10H2,1-4H3/t14-,16+/m1/s1. The second-order valence-corrected chi connectivity index (χ2v) is 6.53. The number of ether oxygens (including phenoxy) is 2. The maximum atomic E-state index is 12.0. The van der Waals surface area contributed by atoms with Crippen LogP contribution in [0.25, 0.3) is 0 Å². The van der Waals surface area contributed by atoms with E-state index in [1.54, 1.807) is 19.0 Å². The van der Waals surface area contributed by atoms with Crippen LogP contribution < -0.4 is 4.74 Å². The predicted molar refractivity (Wildman–Crippen MR) is 83.8 cm³/mol. The van der Waals surface area contributed by atoms with E-state index in [2.05, 4.69) is 18.9 Å². The molecule has 1 fully saturated rings. The average molecular weight is 302 g/mol. The molecule has 1 saturated heterocycles. The molecule has 0 saturated carbocycles. The van der Waals surface area contributed by atoms with E-state index < -0.39 is 0 Å². The molecular formula is C17H22N2O3. The van der Waals surface area contributed by atoms with Crippen LogP contribution in [-0.2, 0) is 9.53 Å². The van der Waals surface area contributed by atoms with Gasteiger partial charge in [0.2, 0.25) is 5.91 Å². The normalized spacial score (nSPS) is 26.4. The monoisotopic (exact) mass is 302 g/mol. The molecule has 1 aromatic rings. The third-order valence-corrected chi connectivity index (χ3v) is 4.41. The lowest BCUT2D eigenvalue weighted by Gasteiger charge is -2.37. The van der Waals surface area contributed by atoms with Crippen LogP contribution in [0.2, 0.25) is 0 Å². The molecule has 5 nitrogen and oxygen atoms in total. The second kappa shape index (κ2) is 5.39. The topological polar surface area (TPSA) is 51.1 Å². The van der Waals surface area contributed by atoms with Crippen LogP contribution in [-0.4, -0.2) is 35.9 Å². The van der Waals surface area contributed by atoms with Crippen molar-refractivity contribution in [3.8, 4) is 5.75 Å². The highest BCUT2D eigenvalue weighted by atomic mass is 16.5. The van der Waals surface area contributed by atoms with Gasteiger partial charge in [-0.15, -0.1) is 0 Å². The van der Waals surface area contributed by atoms with Crippen molar-refractivity contribution in [1.82, 2.24) is 5.01 Å². The Bertz CT molecular complexity index is 607. The fourth-order valence-electron chi connectivity index (χ4n) is 3.29. The molecule has 2 heterocycles. The third-order valence-electron chi connectivity index (χ3n) is 4.41. The van der Waals surface area contributed by atoms with E-state index in [0.717, 1.165) is 23.4 Å². The lowest BCUT2D eigenvalue weighted by atomic mass is 9.80. The van der Waals surface area contributed by atoms with E-state index in [0.29, 0.717) is 6.61 Å². The van der Waals surface area contributed by atoms with E-state index in [4.69, 9.17) is 9.47 Å². The van der Waals surface area contributed by atoms with Gasteiger partial charge in [0, 0.05) is 12.8 Å². The lowest BCUT2D eigenvalue weighted by Crippen LogP contribution is -2.41. The average Bonchev–Trinajstić information content (AvgIpc) is 2.85. The van der Waals surface area contributed by atoms with Crippen LogP contribution in [0.5, 0.6) is 5.75 Å². The molecule has 0 N–H and O–H groups in total. The highest BCUT2D eigenvalue weighted by Gasteiger charge is 2.46. The zero-order valence-electron chi connectivity index (χ0n) is 13.5. The fourth-order valence-corrected chi connectivity index (χ4v) is 3.29. The number of carbonyl (C=O) groups is 1. The van der Waals surface area contributed by atoms with E-state index in [-0.39, 0.29) is 23.5 Å². The van der Waals surface area contributed by atoms with E-state index in [9.17, 15) is 4.79 Å². The van der Waals surface area contributed by atoms with Crippen LogP contribution in [0.15, 0.2) is 29.4 Å². The Hall–Kier alpha value is -1.88. The Kier molecular flexibility index (Phi) is 3.68. The molecule has 0 aromatic heterocycles. The fraction of sp³-hybridized carbons (Fsp3) is 0.529. The smallest absolute Gasteiger partial charge is 0.240 e. The molecule has 0 aliphatic carbocycles. The summed E-state index contributed by atoms with van der Waals surface area (Å²) < 4.78 is 11.1. The van der Waals surface area contributed by atoms with E-state index in [1.807, 2.05) is 24.3 Å². The van der Waals surface area contributed by atoms with Crippen molar-refractivity contribution in [3.05, 3.63) is 29.8 Å². The van der Waals surface area contributed by atoms with Gasteiger partial charge in [-0.1, -0.05) is 12.1 Å². The summed E-state index contributed by atoms with van der Waals surface area (Å²) in [7, 11) is 1.65. The molecule has 5 heteroatoms. The van der Waals surface area contributed by atoms with Crippen molar-refractivity contribution >= 4 is 11.6 Å². The van der Waals surface area contributed by atoms with Crippen LogP contribution in [0.4, 0.5) is 0 Å². The molecule has 0 spiro atoms. The summed E-state index contributed by atoms with van der Waals surface area (Å²) in [6.07, 6.45) is 0.853. The summed E-state index contributed by atoms with van der Waals surface area (Å²) in [5.41, 5.74) is 1.86. The third kappa shape index (κ3) is 2.61. The quantitative estimate of drug-likeness (QED) is 0.844. The van der Waals surface area contributed by atoms with Gasteiger partial charge in [-0.05, 0) is 38.0 Å². The van der Waals surface area contributed by atoms with Gasteiger partial charge in [0.25, 0.3) is 0 Å². The molecule has 0 bridgehead atoms. The van der Waals surface area contributed by atoms with Gasteiger partial charge in [0.05, 0.1) is 31.1 Å². The largest absolute Gasteiger partial charge is 0.497 e. The van der Waals surface area contributed by atoms with Gasteiger partial charge in [-0.2, -0.15) is 5.10 Å². The van der Waals surface area contributed by atoms with Crippen molar-refractivity contribution in [2.45, 2.75) is 38.8 Å². The Balaban J connectivity index is 1.96. The van der Waals surface area contributed by atoms with Gasteiger partial charge >= 0.3 is 0 Å². The van der Waals surface area contributed by atoms with Crippen LogP contribution in [0.3, 0.4) is 0 Å². The second-order valence-electron chi connectivity index (χ2n) is 6.53. The number of methoxy groups -OCH3 is 1. The summed E-state index contributed by atoms with van der Waals surface area (Å²) in [4.78, 5) is 12.0. The zero-order chi connectivity index (χ0) is 15.9. The van der Waals surface area contributed by atoms with Gasteiger partial charge in [0.1, 0.15) is 5.75 Å². The number of fused-ring (bicyclic) bond motifs is 1. The first-order chi connectivity index (χ1) is 10.4. The number of hydrazone groups is 1. The molecule has 2 aliphatic heterocycles. The zero-order valence-corrected chi connectivity index (χ0v) is 13.5. The first-order valence-electron chi connectivity index (χ1n) is 7.56. The van der Waals surface area contributed by atoms with E-state index >= 15 is 0 Å². The summed E-state index contributed by atoms with van der Waals surface area (Å²) in [5.74, 6) is 0.978. The Morgan fingerprint density at radius 3 is 2.64 bits per heavy atom.